The first kappa shape index (κ1) is 14.9. The van der Waals surface area contributed by atoms with Crippen molar-refractivity contribution in [2.45, 2.75) is 11.5 Å². The fraction of sp³-hybridized carbons (Fsp3) is 0.125. The van der Waals surface area contributed by atoms with Crippen molar-refractivity contribution < 1.29 is 31.7 Å². The summed E-state index contributed by atoms with van der Waals surface area (Å²) in [6, 6.07) is 1.07. The summed E-state index contributed by atoms with van der Waals surface area (Å²) in [4.78, 5) is 19.1. The molecule has 0 amide bonds. The van der Waals surface area contributed by atoms with Gasteiger partial charge in [-0.3, -0.25) is 14.9 Å². The Morgan fingerprint density at radius 3 is 2.37 bits per heavy atom. The lowest BCUT2D eigenvalue weighted by Gasteiger charge is -2.08. The lowest BCUT2D eigenvalue weighted by Crippen LogP contribution is -2.16. The SMILES string of the molecule is NS(=O)(=O)c1cc(OC(F)F)cc(C=O)c1[N+](=O)[O-]. The fourth-order valence-corrected chi connectivity index (χ4v) is 2.02. The Morgan fingerprint density at radius 1 is 1.42 bits per heavy atom. The van der Waals surface area contributed by atoms with Gasteiger partial charge in [-0.1, -0.05) is 0 Å². The van der Waals surface area contributed by atoms with Gasteiger partial charge < -0.3 is 4.74 Å². The minimum absolute atomic E-state index is 0.0643. The van der Waals surface area contributed by atoms with Crippen molar-refractivity contribution >= 4 is 22.0 Å². The van der Waals surface area contributed by atoms with Gasteiger partial charge in [-0.15, -0.1) is 0 Å². The standard InChI is InChI=1S/C8H6F2N2O6S/c9-8(10)18-5-1-4(3-13)7(12(14)15)6(2-5)19(11,16)17/h1-3,8H,(H2,11,16,17). The smallest absolute Gasteiger partial charge is 0.387 e. The molecule has 0 aliphatic rings. The minimum Gasteiger partial charge on any atom is -0.435 e. The third-order valence-electron chi connectivity index (χ3n) is 1.92. The number of sulfonamides is 1. The van der Waals surface area contributed by atoms with Crippen molar-refractivity contribution in [2.75, 3.05) is 0 Å². The molecule has 0 fully saturated rings. The van der Waals surface area contributed by atoms with E-state index in [2.05, 4.69) is 4.74 Å². The number of hydrogen-bond donors (Lipinski definition) is 1. The van der Waals surface area contributed by atoms with E-state index in [9.17, 15) is 32.1 Å². The Kier molecular flexibility index (Phi) is 4.11. The van der Waals surface area contributed by atoms with E-state index in [1.54, 1.807) is 0 Å². The van der Waals surface area contributed by atoms with Crippen LogP contribution in [0.1, 0.15) is 10.4 Å². The summed E-state index contributed by atoms with van der Waals surface area (Å²) in [5.74, 6) is -0.730. The highest BCUT2D eigenvalue weighted by Gasteiger charge is 2.28. The van der Waals surface area contributed by atoms with E-state index in [1.165, 1.54) is 0 Å². The van der Waals surface area contributed by atoms with Gasteiger partial charge in [-0.05, 0) is 6.07 Å². The minimum atomic E-state index is -4.59. The van der Waals surface area contributed by atoms with E-state index < -0.39 is 43.5 Å². The lowest BCUT2D eigenvalue weighted by atomic mass is 10.2. The number of hydrogen-bond acceptors (Lipinski definition) is 6. The highest BCUT2D eigenvalue weighted by atomic mass is 32.2. The van der Waals surface area contributed by atoms with Crippen LogP contribution in [0.5, 0.6) is 5.75 Å². The number of nitro groups is 1. The average molecular weight is 296 g/mol. The van der Waals surface area contributed by atoms with Crippen LogP contribution in [0.15, 0.2) is 17.0 Å². The first-order chi connectivity index (χ1) is 8.66. The Hall–Kier alpha value is -2.14. The summed E-state index contributed by atoms with van der Waals surface area (Å²) < 4.78 is 50.3. The van der Waals surface area contributed by atoms with Crippen molar-refractivity contribution in [3.63, 3.8) is 0 Å². The van der Waals surface area contributed by atoms with Crippen molar-refractivity contribution in [2.24, 2.45) is 5.14 Å². The van der Waals surface area contributed by atoms with Crippen molar-refractivity contribution in [1.82, 2.24) is 0 Å². The van der Waals surface area contributed by atoms with Gasteiger partial charge in [0.05, 0.1) is 10.5 Å². The number of ether oxygens (including phenoxy) is 1. The van der Waals surface area contributed by atoms with Gasteiger partial charge in [0, 0.05) is 6.07 Å². The summed E-state index contributed by atoms with van der Waals surface area (Å²) in [6.45, 7) is -3.30. The second-order valence-electron chi connectivity index (χ2n) is 3.16. The Labute approximate surface area is 105 Å². The van der Waals surface area contributed by atoms with Crippen molar-refractivity contribution in [3.8, 4) is 5.75 Å². The summed E-state index contributed by atoms with van der Waals surface area (Å²) in [6.07, 6.45) is -0.0643. The molecule has 0 bridgehead atoms. The number of carbonyl (C=O) groups excluding carboxylic acids is 1. The number of aldehydes is 1. The second kappa shape index (κ2) is 5.24. The van der Waals surface area contributed by atoms with E-state index in [0.717, 1.165) is 0 Å². The van der Waals surface area contributed by atoms with E-state index in [-0.39, 0.29) is 6.29 Å². The monoisotopic (exact) mass is 296 g/mol. The maximum atomic E-state index is 12.0. The lowest BCUT2D eigenvalue weighted by molar-refractivity contribution is -0.388. The molecule has 1 aromatic carbocycles. The van der Waals surface area contributed by atoms with E-state index in [0.29, 0.717) is 12.1 Å². The highest BCUT2D eigenvalue weighted by molar-refractivity contribution is 7.89. The predicted octanol–water partition coefficient (Wildman–Crippen LogP) is 0.656. The van der Waals surface area contributed by atoms with Crippen LogP contribution in [-0.2, 0) is 10.0 Å². The topological polar surface area (TPSA) is 130 Å². The van der Waals surface area contributed by atoms with Crippen LogP contribution in [0.4, 0.5) is 14.5 Å². The Morgan fingerprint density at radius 2 is 2.00 bits per heavy atom. The number of carbonyl (C=O) groups is 1. The molecule has 11 heteroatoms. The largest absolute Gasteiger partial charge is 0.435 e. The molecule has 0 unspecified atom stereocenters. The average Bonchev–Trinajstić information content (AvgIpc) is 2.25. The normalized spacial score (nSPS) is 11.4. The molecule has 104 valence electrons. The van der Waals surface area contributed by atoms with Crippen molar-refractivity contribution in [1.29, 1.82) is 0 Å². The maximum Gasteiger partial charge on any atom is 0.387 e. The zero-order valence-electron chi connectivity index (χ0n) is 8.95. The van der Waals surface area contributed by atoms with E-state index >= 15 is 0 Å². The van der Waals surface area contributed by atoms with Gasteiger partial charge in [-0.25, -0.2) is 13.6 Å². The van der Waals surface area contributed by atoms with Crippen LogP contribution < -0.4 is 9.88 Å². The molecular weight excluding hydrogens is 290 g/mol. The first-order valence-corrected chi connectivity index (χ1v) is 5.96. The predicted molar refractivity (Wildman–Crippen MR) is 56.5 cm³/mol. The number of nitro benzene ring substituents is 1. The molecule has 1 rings (SSSR count). The first-order valence-electron chi connectivity index (χ1n) is 4.42. The molecule has 2 N–H and O–H groups in total. The molecule has 0 aliphatic carbocycles. The van der Waals surface area contributed by atoms with Crippen LogP contribution in [0.25, 0.3) is 0 Å². The highest BCUT2D eigenvalue weighted by Crippen LogP contribution is 2.31. The van der Waals surface area contributed by atoms with Crippen LogP contribution >= 0.6 is 0 Å². The van der Waals surface area contributed by atoms with Crippen LogP contribution in [0.3, 0.4) is 0 Å². The number of halogens is 2. The molecule has 0 radical (unpaired) electrons. The molecule has 8 nitrogen and oxygen atoms in total. The Bertz CT molecular complexity index is 630. The van der Waals surface area contributed by atoms with Crippen LogP contribution in [-0.4, -0.2) is 26.2 Å². The van der Waals surface area contributed by atoms with Crippen molar-refractivity contribution in [3.05, 3.63) is 27.8 Å². The number of nitrogens with two attached hydrogens (primary N) is 1. The zero-order chi connectivity index (χ0) is 14.8. The number of primary sulfonamides is 1. The summed E-state index contributed by atoms with van der Waals surface area (Å²) in [7, 11) is -4.59. The fourth-order valence-electron chi connectivity index (χ4n) is 1.28. The summed E-state index contributed by atoms with van der Waals surface area (Å²) >= 11 is 0. The third-order valence-corrected chi connectivity index (χ3v) is 2.84. The molecule has 0 saturated carbocycles. The van der Waals surface area contributed by atoms with Gasteiger partial charge in [0.25, 0.3) is 5.69 Å². The third kappa shape index (κ3) is 3.42. The molecule has 0 spiro atoms. The van der Waals surface area contributed by atoms with Crippen LogP contribution in [0.2, 0.25) is 0 Å². The number of benzene rings is 1. The molecule has 1 aromatic rings. The molecule has 0 heterocycles. The van der Waals surface area contributed by atoms with Crippen LogP contribution in [0, 0.1) is 10.1 Å². The molecule has 0 aromatic heterocycles. The molecule has 0 aliphatic heterocycles. The zero-order valence-corrected chi connectivity index (χ0v) is 9.76. The maximum absolute atomic E-state index is 12.0. The second-order valence-corrected chi connectivity index (χ2v) is 4.69. The van der Waals surface area contributed by atoms with E-state index in [4.69, 9.17) is 5.14 Å². The van der Waals surface area contributed by atoms with Gasteiger partial charge in [0.2, 0.25) is 10.0 Å². The van der Waals surface area contributed by atoms with E-state index in [1.807, 2.05) is 0 Å². The van der Waals surface area contributed by atoms with Gasteiger partial charge >= 0.3 is 6.61 Å². The summed E-state index contributed by atoms with van der Waals surface area (Å²) in [5.41, 5.74) is -1.84. The molecule has 19 heavy (non-hydrogen) atoms. The molecular formula is C8H6F2N2O6S. The summed E-state index contributed by atoms with van der Waals surface area (Å²) in [5, 5.41) is 15.4. The van der Waals surface area contributed by atoms with Gasteiger partial charge in [0.15, 0.2) is 11.2 Å². The molecule has 0 atom stereocenters. The Balaban J connectivity index is 3.64. The quantitative estimate of drug-likeness (QED) is 0.482. The van der Waals surface area contributed by atoms with Gasteiger partial charge in [0.1, 0.15) is 5.75 Å². The number of alkyl halides is 2. The van der Waals surface area contributed by atoms with Gasteiger partial charge in [-0.2, -0.15) is 8.78 Å². The number of nitrogens with zero attached hydrogens (tertiary/aromatic N) is 1. The molecule has 0 saturated heterocycles. The number of rotatable bonds is 5.